The summed E-state index contributed by atoms with van der Waals surface area (Å²) in [6.45, 7) is 2.61. The summed E-state index contributed by atoms with van der Waals surface area (Å²) < 4.78 is 0. The normalized spacial score (nSPS) is 10.3. The molecule has 0 saturated carbocycles. The van der Waals surface area contributed by atoms with Gasteiger partial charge in [-0.2, -0.15) is 0 Å². The van der Waals surface area contributed by atoms with Crippen LogP contribution in [0.2, 0.25) is 0 Å². The van der Waals surface area contributed by atoms with Crippen LogP contribution >= 0.6 is 22.7 Å². The molecule has 84 valence electrons. The zero-order valence-electron chi connectivity index (χ0n) is 8.82. The molecule has 2 aromatic heterocycles. The van der Waals surface area contributed by atoms with E-state index in [1.165, 1.54) is 16.2 Å². The second-order valence-corrected chi connectivity index (χ2v) is 5.69. The first kappa shape index (κ1) is 11.2. The Labute approximate surface area is 102 Å². The van der Waals surface area contributed by atoms with Crippen LogP contribution in [0, 0.1) is 6.92 Å². The first-order valence-electron chi connectivity index (χ1n) is 4.83. The van der Waals surface area contributed by atoms with Gasteiger partial charge in [0.1, 0.15) is 4.88 Å². The van der Waals surface area contributed by atoms with Crippen LogP contribution in [-0.4, -0.2) is 5.91 Å². The molecule has 0 fully saturated rings. The van der Waals surface area contributed by atoms with Gasteiger partial charge in [-0.1, -0.05) is 0 Å². The molecule has 2 heterocycles. The fourth-order valence-corrected chi connectivity index (χ4v) is 2.90. The minimum Gasteiger partial charge on any atom is -0.397 e. The van der Waals surface area contributed by atoms with Crippen molar-refractivity contribution in [1.82, 2.24) is 5.32 Å². The average Bonchev–Trinajstić information content (AvgIpc) is 2.84. The van der Waals surface area contributed by atoms with Crippen molar-refractivity contribution in [3.63, 3.8) is 0 Å². The third kappa shape index (κ3) is 2.43. The van der Waals surface area contributed by atoms with E-state index in [0.29, 0.717) is 17.1 Å². The van der Waals surface area contributed by atoms with Gasteiger partial charge in [-0.3, -0.25) is 4.79 Å². The van der Waals surface area contributed by atoms with Gasteiger partial charge in [0.05, 0.1) is 12.2 Å². The third-order valence-corrected chi connectivity index (χ3v) is 4.05. The summed E-state index contributed by atoms with van der Waals surface area (Å²) in [6.07, 6.45) is 0. The third-order valence-electron chi connectivity index (χ3n) is 2.12. The molecular weight excluding hydrogens is 240 g/mol. The minimum absolute atomic E-state index is 0.0986. The standard InChI is InChI=1S/C11H12N2OS2/c1-7-2-3-8(16-7)6-13-11(14)10-9(12)4-5-15-10/h2-5H,6,12H2,1H3,(H,13,14). The van der Waals surface area contributed by atoms with Crippen LogP contribution in [0.25, 0.3) is 0 Å². The molecule has 3 N–H and O–H groups in total. The number of carbonyl (C=O) groups is 1. The van der Waals surface area contributed by atoms with Gasteiger partial charge in [-0.15, -0.1) is 22.7 Å². The number of rotatable bonds is 3. The van der Waals surface area contributed by atoms with E-state index in [1.54, 1.807) is 17.4 Å². The van der Waals surface area contributed by atoms with Crippen molar-refractivity contribution in [3.05, 3.63) is 38.2 Å². The Bertz CT molecular complexity index is 502. The number of nitrogens with two attached hydrogens (primary N) is 1. The number of hydrogen-bond donors (Lipinski definition) is 2. The molecule has 1 amide bonds. The molecule has 2 rings (SSSR count). The van der Waals surface area contributed by atoms with E-state index < -0.39 is 0 Å². The highest BCUT2D eigenvalue weighted by molar-refractivity contribution is 7.12. The van der Waals surface area contributed by atoms with E-state index in [0.717, 1.165) is 4.88 Å². The molecule has 2 aromatic rings. The lowest BCUT2D eigenvalue weighted by Crippen LogP contribution is -2.22. The van der Waals surface area contributed by atoms with Crippen molar-refractivity contribution in [2.45, 2.75) is 13.5 Å². The van der Waals surface area contributed by atoms with E-state index in [2.05, 4.69) is 5.32 Å². The van der Waals surface area contributed by atoms with Gasteiger partial charge in [-0.25, -0.2) is 0 Å². The Hall–Kier alpha value is -1.33. The fourth-order valence-electron chi connectivity index (χ4n) is 1.33. The van der Waals surface area contributed by atoms with Crippen LogP contribution in [0.3, 0.4) is 0 Å². The van der Waals surface area contributed by atoms with E-state index in [1.807, 2.05) is 24.4 Å². The predicted octanol–water partition coefficient (Wildman–Crippen LogP) is 2.63. The summed E-state index contributed by atoms with van der Waals surface area (Å²) in [6, 6.07) is 5.82. The van der Waals surface area contributed by atoms with Crippen LogP contribution in [0.1, 0.15) is 19.4 Å². The van der Waals surface area contributed by atoms with Gasteiger partial charge in [0.25, 0.3) is 5.91 Å². The maximum Gasteiger partial charge on any atom is 0.263 e. The Kier molecular flexibility index (Phi) is 3.26. The monoisotopic (exact) mass is 252 g/mol. The number of hydrogen-bond acceptors (Lipinski definition) is 4. The van der Waals surface area contributed by atoms with E-state index >= 15 is 0 Å². The van der Waals surface area contributed by atoms with E-state index in [-0.39, 0.29) is 5.91 Å². The molecule has 0 aromatic carbocycles. The SMILES string of the molecule is Cc1ccc(CNC(=O)c2sccc2N)s1. The number of nitrogens with one attached hydrogen (secondary N) is 1. The van der Waals surface area contributed by atoms with Crippen LogP contribution in [0.4, 0.5) is 5.69 Å². The van der Waals surface area contributed by atoms with Gasteiger partial charge >= 0.3 is 0 Å². The number of nitrogen functional groups attached to an aromatic ring is 1. The highest BCUT2D eigenvalue weighted by atomic mass is 32.1. The molecule has 0 aliphatic carbocycles. The zero-order chi connectivity index (χ0) is 11.5. The topological polar surface area (TPSA) is 55.1 Å². The predicted molar refractivity (Wildman–Crippen MR) is 69.0 cm³/mol. The summed E-state index contributed by atoms with van der Waals surface area (Å²) >= 11 is 3.05. The Morgan fingerprint density at radius 3 is 2.81 bits per heavy atom. The van der Waals surface area contributed by atoms with Gasteiger partial charge in [0, 0.05) is 9.75 Å². The number of carbonyl (C=O) groups excluding carboxylic acids is 1. The van der Waals surface area contributed by atoms with Crippen LogP contribution in [0.15, 0.2) is 23.6 Å². The molecule has 0 radical (unpaired) electrons. The average molecular weight is 252 g/mol. The van der Waals surface area contributed by atoms with E-state index in [4.69, 9.17) is 5.73 Å². The van der Waals surface area contributed by atoms with Crippen molar-refractivity contribution in [2.24, 2.45) is 0 Å². The second-order valence-electron chi connectivity index (χ2n) is 3.40. The molecule has 5 heteroatoms. The van der Waals surface area contributed by atoms with Crippen molar-refractivity contribution >= 4 is 34.3 Å². The molecule has 0 spiro atoms. The number of anilines is 1. The van der Waals surface area contributed by atoms with Gasteiger partial charge in [-0.05, 0) is 30.5 Å². The zero-order valence-corrected chi connectivity index (χ0v) is 10.5. The lowest BCUT2D eigenvalue weighted by atomic mass is 10.3. The second kappa shape index (κ2) is 4.67. The van der Waals surface area contributed by atoms with Gasteiger partial charge in [0.15, 0.2) is 0 Å². The Morgan fingerprint density at radius 1 is 1.44 bits per heavy atom. The molecule has 0 atom stereocenters. The minimum atomic E-state index is -0.0986. The van der Waals surface area contributed by atoms with Crippen LogP contribution in [0.5, 0.6) is 0 Å². The lowest BCUT2D eigenvalue weighted by Gasteiger charge is -2.02. The van der Waals surface area contributed by atoms with Gasteiger partial charge < -0.3 is 11.1 Å². The maximum absolute atomic E-state index is 11.7. The first-order valence-corrected chi connectivity index (χ1v) is 6.53. The molecule has 0 saturated heterocycles. The molecule has 0 aliphatic rings. The first-order chi connectivity index (χ1) is 7.66. The smallest absolute Gasteiger partial charge is 0.263 e. The van der Waals surface area contributed by atoms with Crippen LogP contribution < -0.4 is 11.1 Å². The summed E-state index contributed by atoms with van der Waals surface area (Å²) in [4.78, 5) is 14.7. The molecular formula is C11H12N2OS2. The van der Waals surface area contributed by atoms with Gasteiger partial charge in [0.2, 0.25) is 0 Å². The van der Waals surface area contributed by atoms with Crippen molar-refractivity contribution in [2.75, 3.05) is 5.73 Å². The van der Waals surface area contributed by atoms with Crippen molar-refractivity contribution < 1.29 is 4.79 Å². The molecule has 3 nitrogen and oxygen atoms in total. The van der Waals surface area contributed by atoms with Crippen LogP contribution in [-0.2, 0) is 6.54 Å². The molecule has 0 aliphatic heterocycles. The summed E-state index contributed by atoms with van der Waals surface area (Å²) in [5.74, 6) is -0.0986. The summed E-state index contributed by atoms with van der Waals surface area (Å²) in [5, 5.41) is 4.68. The summed E-state index contributed by atoms with van der Waals surface area (Å²) in [5.41, 5.74) is 6.21. The highest BCUT2D eigenvalue weighted by Gasteiger charge is 2.10. The molecule has 0 unspecified atom stereocenters. The summed E-state index contributed by atoms with van der Waals surface area (Å²) in [7, 11) is 0. The van der Waals surface area contributed by atoms with E-state index in [9.17, 15) is 4.79 Å². The number of thiophene rings is 2. The van der Waals surface area contributed by atoms with Crippen molar-refractivity contribution in [1.29, 1.82) is 0 Å². The number of amides is 1. The number of aryl methyl sites for hydroxylation is 1. The quantitative estimate of drug-likeness (QED) is 0.882. The van der Waals surface area contributed by atoms with Crippen molar-refractivity contribution in [3.8, 4) is 0 Å². The Morgan fingerprint density at radius 2 is 2.25 bits per heavy atom. The molecule has 16 heavy (non-hydrogen) atoms. The highest BCUT2D eigenvalue weighted by Crippen LogP contribution is 2.19. The maximum atomic E-state index is 11.7. The molecule has 0 bridgehead atoms. The lowest BCUT2D eigenvalue weighted by molar-refractivity contribution is 0.0956. The Balaban J connectivity index is 1.96. The fraction of sp³-hybridized carbons (Fsp3) is 0.182. The largest absolute Gasteiger partial charge is 0.397 e.